The molecule has 17 heavy (non-hydrogen) atoms. The van der Waals surface area contributed by atoms with Crippen LogP contribution in [0.25, 0.3) is 0 Å². The molecule has 1 aromatic rings. The van der Waals surface area contributed by atoms with Crippen molar-refractivity contribution in [1.82, 2.24) is 0 Å². The molecule has 0 heterocycles. The van der Waals surface area contributed by atoms with Crippen LogP contribution in [-0.4, -0.2) is 11.2 Å². The van der Waals surface area contributed by atoms with E-state index in [1.165, 1.54) is 16.7 Å². The minimum Gasteiger partial charge on any atom is -0.393 e. The van der Waals surface area contributed by atoms with Gasteiger partial charge in [0.1, 0.15) is 0 Å². The van der Waals surface area contributed by atoms with Gasteiger partial charge in [0.25, 0.3) is 0 Å². The molecule has 1 aliphatic rings. The third-order valence-electron chi connectivity index (χ3n) is 4.78. The summed E-state index contributed by atoms with van der Waals surface area (Å²) in [5.74, 6) is 0.547. The highest BCUT2D eigenvalue weighted by atomic mass is 16.3. The molecular weight excluding hydrogens is 208 g/mol. The van der Waals surface area contributed by atoms with Gasteiger partial charge in [0.2, 0.25) is 0 Å². The fourth-order valence-corrected chi connectivity index (χ4v) is 3.66. The lowest BCUT2D eigenvalue weighted by Gasteiger charge is -2.54. The molecule has 1 nitrogen and oxygen atoms in total. The predicted molar refractivity (Wildman–Crippen MR) is 72.3 cm³/mol. The van der Waals surface area contributed by atoms with E-state index in [9.17, 15) is 5.11 Å². The zero-order chi connectivity index (χ0) is 12.6. The molecule has 2 rings (SSSR count). The Hall–Kier alpha value is -0.820. The lowest BCUT2D eigenvalue weighted by atomic mass is 9.53. The predicted octanol–water partition coefficient (Wildman–Crippen LogP) is 3.96. The highest BCUT2D eigenvalue weighted by Gasteiger charge is 2.52. The molecule has 0 aromatic heterocycles. The second-order valence-corrected chi connectivity index (χ2v) is 5.67. The second-order valence-electron chi connectivity index (χ2n) is 5.67. The highest BCUT2D eigenvalue weighted by Crippen LogP contribution is 2.57. The van der Waals surface area contributed by atoms with E-state index < -0.39 is 0 Å². The van der Waals surface area contributed by atoms with Gasteiger partial charge in [-0.3, -0.25) is 0 Å². The second kappa shape index (κ2) is 4.45. The van der Waals surface area contributed by atoms with E-state index >= 15 is 0 Å². The molecule has 1 aromatic carbocycles. The van der Waals surface area contributed by atoms with Gasteiger partial charge in [0.05, 0.1) is 6.10 Å². The summed E-state index contributed by atoms with van der Waals surface area (Å²) in [4.78, 5) is 0. The van der Waals surface area contributed by atoms with Crippen LogP contribution in [0, 0.1) is 19.3 Å². The standard InChI is InChI=1S/C16H24O/c1-5-16(6-2)14(10-15(16)17)13-8-11(3)7-12(4)9-13/h7-9,14-15,17H,5-6,10H2,1-4H3. The first-order chi connectivity index (χ1) is 8.03. The average Bonchev–Trinajstić information content (AvgIpc) is 2.26. The SMILES string of the molecule is CCC1(CC)C(O)CC1c1cc(C)cc(C)c1. The summed E-state index contributed by atoms with van der Waals surface area (Å²) >= 11 is 0. The molecule has 2 unspecified atom stereocenters. The maximum absolute atomic E-state index is 10.1. The van der Waals surface area contributed by atoms with Crippen molar-refractivity contribution in [3.63, 3.8) is 0 Å². The topological polar surface area (TPSA) is 20.2 Å². The van der Waals surface area contributed by atoms with Crippen molar-refractivity contribution < 1.29 is 5.11 Å². The first-order valence-corrected chi connectivity index (χ1v) is 6.79. The van der Waals surface area contributed by atoms with Crippen LogP contribution in [-0.2, 0) is 0 Å². The number of hydrogen-bond donors (Lipinski definition) is 1. The van der Waals surface area contributed by atoms with Crippen molar-refractivity contribution in [2.45, 2.75) is 59.0 Å². The van der Waals surface area contributed by atoms with Crippen molar-refractivity contribution in [3.05, 3.63) is 34.9 Å². The minimum absolute atomic E-state index is 0.108. The third-order valence-corrected chi connectivity index (χ3v) is 4.78. The molecule has 2 atom stereocenters. The zero-order valence-corrected chi connectivity index (χ0v) is 11.5. The van der Waals surface area contributed by atoms with Gasteiger partial charge in [0, 0.05) is 5.41 Å². The molecule has 0 saturated heterocycles. The van der Waals surface area contributed by atoms with E-state index in [1.807, 2.05) is 0 Å². The summed E-state index contributed by atoms with van der Waals surface area (Å²) in [6, 6.07) is 6.81. The van der Waals surface area contributed by atoms with Crippen molar-refractivity contribution >= 4 is 0 Å². The Labute approximate surface area is 105 Å². The van der Waals surface area contributed by atoms with Crippen molar-refractivity contribution in [1.29, 1.82) is 0 Å². The highest BCUT2D eigenvalue weighted by molar-refractivity contribution is 5.34. The zero-order valence-electron chi connectivity index (χ0n) is 11.5. The van der Waals surface area contributed by atoms with Gasteiger partial charge in [-0.25, -0.2) is 0 Å². The van der Waals surface area contributed by atoms with Gasteiger partial charge < -0.3 is 5.11 Å². The van der Waals surface area contributed by atoms with Gasteiger partial charge in [-0.05, 0) is 44.6 Å². The van der Waals surface area contributed by atoms with Crippen LogP contribution in [0.5, 0.6) is 0 Å². The quantitative estimate of drug-likeness (QED) is 0.836. The van der Waals surface area contributed by atoms with Crippen molar-refractivity contribution in [3.8, 4) is 0 Å². The van der Waals surface area contributed by atoms with Crippen LogP contribution in [0.1, 0.15) is 55.7 Å². The first-order valence-electron chi connectivity index (χ1n) is 6.79. The molecule has 0 bridgehead atoms. The summed E-state index contributed by atoms with van der Waals surface area (Å²) in [5.41, 5.74) is 4.22. The molecule has 0 radical (unpaired) electrons. The number of rotatable bonds is 3. The third kappa shape index (κ3) is 1.91. The normalized spacial score (nSPS) is 26.6. The van der Waals surface area contributed by atoms with Crippen LogP contribution in [0.15, 0.2) is 18.2 Å². The van der Waals surface area contributed by atoms with E-state index in [0.717, 1.165) is 19.3 Å². The Kier molecular flexibility index (Phi) is 3.31. The van der Waals surface area contributed by atoms with Crippen LogP contribution in [0.4, 0.5) is 0 Å². The molecule has 1 aliphatic carbocycles. The van der Waals surface area contributed by atoms with Crippen LogP contribution in [0.2, 0.25) is 0 Å². The van der Waals surface area contributed by atoms with Gasteiger partial charge in [-0.1, -0.05) is 43.2 Å². The van der Waals surface area contributed by atoms with Gasteiger partial charge in [-0.2, -0.15) is 0 Å². The summed E-state index contributed by atoms with van der Waals surface area (Å²) < 4.78 is 0. The number of aliphatic hydroxyl groups excluding tert-OH is 1. The molecule has 1 heteroatoms. The molecule has 0 aliphatic heterocycles. The van der Waals surface area contributed by atoms with E-state index in [1.54, 1.807) is 0 Å². The van der Waals surface area contributed by atoms with E-state index in [-0.39, 0.29) is 11.5 Å². The molecule has 1 fully saturated rings. The summed E-state index contributed by atoms with van der Waals surface area (Å²) in [6.07, 6.45) is 2.97. The number of aryl methyl sites for hydroxylation is 2. The molecule has 1 saturated carbocycles. The molecule has 1 N–H and O–H groups in total. The van der Waals surface area contributed by atoms with E-state index in [4.69, 9.17) is 0 Å². The van der Waals surface area contributed by atoms with Crippen LogP contribution < -0.4 is 0 Å². The Morgan fingerprint density at radius 1 is 1.12 bits per heavy atom. The lowest BCUT2D eigenvalue weighted by molar-refractivity contribution is -0.0932. The number of benzene rings is 1. The molecular formula is C16H24O. The van der Waals surface area contributed by atoms with Crippen LogP contribution in [0.3, 0.4) is 0 Å². The average molecular weight is 232 g/mol. The molecule has 94 valence electrons. The van der Waals surface area contributed by atoms with Gasteiger partial charge >= 0.3 is 0 Å². The maximum Gasteiger partial charge on any atom is 0.0608 e. The summed E-state index contributed by atoms with van der Waals surface area (Å²) in [6.45, 7) is 8.74. The number of hydrogen-bond acceptors (Lipinski definition) is 1. The van der Waals surface area contributed by atoms with E-state index in [0.29, 0.717) is 5.92 Å². The summed E-state index contributed by atoms with van der Waals surface area (Å²) in [5, 5.41) is 10.1. The van der Waals surface area contributed by atoms with Crippen LogP contribution >= 0.6 is 0 Å². The Morgan fingerprint density at radius 3 is 2.06 bits per heavy atom. The first kappa shape index (κ1) is 12.6. The van der Waals surface area contributed by atoms with Crippen molar-refractivity contribution in [2.24, 2.45) is 5.41 Å². The minimum atomic E-state index is -0.108. The molecule has 0 spiro atoms. The largest absolute Gasteiger partial charge is 0.393 e. The Bertz CT molecular complexity index is 384. The Morgan fingerprint density at radius 2 is 1.65 bits per heavy atom. The smallest absolute Gasteiger partial charge is 0.0608 e. The fourth-order valence-electron chi connectivity index (χ4n) is 3.66. The molecule has 0 amide bonds. The monoisotopic (exact) mass is 232 g/mol. The van der Waals surface area contributed by atoms with Gasteiger partial charge in [-0.15, -0.1) is 0 Å². The lowest BCUT2D eigenvalue weighted by Crippen LogP contribution is -2.50. The Balaban J connectivity index is 2.35. The summed E-state index contributed by atoms with van der Waals surface area (Å²) in [7, 11) is 0. The van der Waals surface area contributed by atoms with Crippen molar-refractivity contribution in [2.75, 3.05) is 0 Å². The number of aliphatic hydroxyl groups is 1. The van der Waals surface area contributed by atoms with Gasteiger partial charge in [0.15, 0.2) is 0 Å². The van der Waals surface area contributed by atoms with E-state index in [2.05, 4.69) is 45.9 Å². The fraction of sp³-hybridized carbons (Fsp3) is 0.625. The maximum atomic E-state index is 10.1.